The van der Waals surface area contributed by atoms with Gasteiger partial charge in [-0.25, -0.2) is 8.42 Å². The van der Waals surface area contributed by atoms with Crippen LogP contribution < -0.4 is 62.7 Å². The van der Waals surface area contributed by atoms with E-state index in [9.17, 15) is 50.7 Å². The maximum absolute atomic E-state index is 12.3. The molecule has 26 nitrogen and oxygen atoms in total. The molecule has 0 amide bonds. The van der Waals surface area contributed by atoms with Crippen LogP contribution in [0.15, 0.2) is 229 Å². The Hall–Kier alpha value is -8.20. The zero-order valence-electron chi connectivity index (χ0n) is 69.0. The third-order valence-corrected chi connectivity index (χ3v) is 22.7. The van der Waals surface area contributed by atoms with E-state index in [0.29, 0.717) is 54.2 Å². The Morgan fingerprint density at radius 1 is 0.504 bits per heavy atom. The number of fused-ring (bicyclic) bond motifs is 15. The molecule has 0 aliphatic carbocycles. The maximum Gasteiger partial charge on any atom is 1.00 e. The molecule has 0 spiro atoms. The largest absolute Gasteiger partial charge is 1.00 e. The predicted molar refractivity (Wildman–Crippen MR) is 524 cm³/mol. The number of aliphatic hydroxyl groups excluding tert-OH is 2. The topological polar surface area (TPSA) is 416 Å². The van der Waals surface area contributed by atoms with Crippen LogP contribution in [0, 0.1) is 11.3 Å². The number of carboxylic acid groups (broad SMARTS) is 1. The second-order valence-electron chi connectivity index (χ2n) is 28.4. The molecule has 127 heavy (non-hydrogen) atoms. The van der Waals surface area contributed by atoms with E-state index >= 15 is 0 Å². The second kappa shape index (κ2) is 50.3. The summed E-state index contributed by atoms with van der Waals surface area (Å²) in [5.74, 6) is -0.890. The molecule has 5 aromatic heterocycles. The summed E-state index contributed by atoms with van der Waals surface area (Å²) in [6.45, 7) is 11.6. The molecule has 10 N–H and O–H groups in total. The van der Waals surface area contributed by atoms with E-state index in [0.717, 1.165) is 216 Å². The summed E-state index contributed by atoms with van der Waals surface area (Å²) in [6.07, 6.45) is 15.1. The molecule has 3 aliphatic heterocycles. The number of rotatable bonds is 12. The molecule has 1 unspecified atom stereocenters. The summed E-state index contributed by atoms with van der Waals surface area (Å²) in [7, 11) is -1.64. The van der Waals surface area contributed by atoms with Crippen LogP contribution in [0.4, 0.5) is 0 Å². The number of aromatic nitrogens is 5. The summed E-state index contributed by atoms with van der Waals surface area (Å²) in [4.78, 5) is 87.7. The number of benzene rings is 10. The van der Waals surface area contributed by atoms with Crippen LogP contribution in [-0.2, 0) is 74.5 Å². The van der Waals surface area contributed by atoms with Crippen molar-refractivity contribution >= 4 is 231 Å². The molecule has 3 fully saturated rings. The number of aliphatic carboxylic acids is 1. The maximum atomic E-state index is 12.3. The van der Waals surface area contributed by atoms with E-state index in [1.165, 1.54) is 18.4 Å². The minimum absolute atomic E-state index is 0. The van der Waals surface area contributed by atoms with Gasteiger partial charge in [0.05, 0.1) is 91.4 Å². The van der Waals surface area contributed by atoms with Crippen molar-refractivity contribution in [3.8, 4) is 6.07 Å². The fourth-order valence-electron chi connectivity index (χ4n) is 14.4. The van der Waals surface area contributed by atoms with E-state index in [4.69, 9.17) is 33.9 Å². The van der Waals surface area contributed by atoms with Gasteiger partial charge in [0, 0.05) is 117 Å². The van der Waals surface area contributed by atoms with Crippen molar-refractivity contribution in [1.82, 2.24) is 35.1 Å². The Morgan fingerprint density at radius 2 is 0.819 bits per heavy atom. The molecule has 8 heterocycles. The molecular weight excluding hydrogens is 2030 g/mol. The molecule has 0 radical (unpaired) electrons. The third kappa shape index (κ3) is 29.9. The second-order valence-corrected chi connectivity index (χ2v) is 37.6. The number of nitriles is 1. The molecule has 3 saturated heterocycles. The standard InChI is InChI=1S/C19H19BrN2O2.C16H14BrNO4S.C15H9BrN2O.C15H10BrNO3.C15H12BrNO2.C4H10BO.C4H9NO.C2H6O.CH3ClO2S.Na.H2O/c20-15-1-2-16-13(4-6-22-7-9-24-10-8-22)11-14-3-5-21-19(23)18(14)17(16)12-15;1-23(20,21)22-7-5-10-8-11-4-6-18-16(19)15(11)14-9-12(17)2-3-13(10)14;16-11-1-2-12-9(3-5-17)7-10-4-6-18-15(19)14(10)13(12)8-11;16-10-1-2-11-9(6-13(18)19)5-8-3-4-17-15(20)14(8)12(11)7-10;16-11-1-2-12-9(4-6-18)7-10-3-5-17-15(19)14(10)13(12)8-11;5-4-2-1-3-6-4;1-3-6-4-2-5-1;1-2-3;1-5(2,3)4;;/h1-3,5,11-12H,4,6-10H2,(H,21,23);2-4,6,8-9H,5,7H2,1H3,(H,18,19);1-2,4,6-8H,3H2,(H,18,19);1-5,7H,6H2,(H,17,20)(H,18,19);1-3,5,7-8,18H,4,6H2,(H,17,19);4H,1-3H2,5H3;5H,1-4H2;3H,2H2,1H3;1H3;;1H2/q;;;;;-1;;;;+1;/p-1. The Kier molecular flexibility index (Phi) is 41.2. The smallest absolute Gasteiger partial charge is 0.870 e. The van der Waals surface area contributed by atoms with Crippen LogP contribution in [-0.4, -0.2) is 185 Å². The quantitative estimate of drug-likeness (QED) is 0.0237. The number of H-pyrrole nitrogens is 5. The SMILES string of the molecule is C1COCCN1.CCO.CS(=O)(=O)Cl.CS(=O)(=O)OCCc1cc2cc[nH]c(=O)c2c2cc(Br)ccc12.N#CCc1cc2cc[nH]c(=O)c2c2cc(Br)ccc12.O=C(O)Cc1cc2cc[nH]c(=O)c2c2cc(Br)ccc12.O=c1[nH]ccc2cc(CCN3CCOCC3)c3ccc(Br)cc3c12.O=c1[nH]ccc2cc(CCO)c3ccc(Br)cc3c12.[BH3-]C1CCCO1.[Na+].[OH-]. The van der Waals surface area contributed by atoms with Gasteiger partial charge in [0.25, 0.3) is 37.9 Å². The first kappa shape index (κ1) is 104. The number of nitrogens with zero attached hydrogens (tertiary/aromatic N) is 2. The van der Waals surface area contributed by atoms with E-state index in [2.05, 4.69) is 144 Å². The number of aliphatic hydroxyl groups is 2. The van der Waals surface area contributed by atoms with Crippen LogP contribution in [0.1, 0.15) is 47.6 Å². The number of carboxylic acids is 1. The molecule has 0 bridgehead atoms. The van der Waals surface area contributed by atoms with Crippen molar-refractivity contribution < 1.29 is 90.4 Å². The van der Waals surface area contributed by atoms with Gasteiger partial charge in [0.15, 0.2) is 0 Å². The van der Waals surface area contributed by atoms with Crippen LogP contribution in [0.3, 0.4) is 0 Å². The van der Waals surface area contributed by atoms with Crippen molar-refractivity contribution in [1.29, 1.82) is 5.26 Å². The fraction of sp³-hybridized carbons (Fsp3) is 0.264. The van der Waals surface area contributed by atoms with E-state index in [-0.39, 0.29) is 89.1 Å². The predicted octanol–water partition coefficient (Wildman–Crippen LogP) is 11.9. The molecule has 664 valence electrons. The van der Waals surface area contributed by atoms with Crippen molar-refractivity contribution in [2.24, 2.45) is 0 Å². The zero-order chi connectivity index (χ0) is 90.1. The number of ether oxygens (including phenoxy) is 3. The molecule has 1 atom stereocenters. The summed E-state index contributed by atoms with van der Waals surface area (Å²) in [5.41, 5.74) is 4.40. The van der Waals surface area contributed by atoms with Gasteiger partial charge in [0.2, 0.25) is 9.05 Å². The first-order valence-corrected chi connectivity index (χ1v) is 47.6. The van der Waals surface area contributed by atoms with Gasteiger partial charge in [0.1, 0.15) is 0 Å². The molecule has 3 aliphatic rings. The van der Waals surface area contributed by atoms with Crippen molar-refractivity contribution in [2.75, 3.05) is 98.1 Å². The first-order chi connectivity index (χ1) is 59.8. The van der Waals surface area contributed by atoms with Gasteiger partial charge in [-0.15, -0.1) is 0 Å². The van der Waals surface area contributed by atoms with E-state index in [1.54, 1.807) is 50.0 Å². The summed E-state index contributed by atoms with van der Waals surface area (Å²) in [5, 5.41) is 54.8. The number of nitrogens with one attached hydrogen (secondary N) is 6. The number of hydrogen-bond acceptors (Lipinski definition) is 20. The number of halogens is 6. The van der Waals surface area contributed by atoms with Gasteiger partial charge >= 0.3 is 35.5 Å². The molecule has 10 aromatic carbocycles. The number of morpholine rings is 2. The van der Waals surface area contributed by atoms with Gasteiger partial charge in [-0.1, -0.05) is 141 Å². The third-order valence-electron chi connectivity index (χ3n) is 19.6. The number of carbonyl (C=O) groups is 1. The van der Waals surface area contributed by atoms with Crippen molar-refractivity contribution in [3.05, 3.63) is 285 Å². The van der Waals surface area contributed by atoms with Gasteiger partial charge < -0.3 is 65.2 Å². The molecule has 18 rings (SSSR count). The first-order valence-electron chi connectivity index (χ1n) is 39.1. The van der Waals surface area contributed by atoms with Crippen molar-refractivity contribution in [3.63, 3.8) is 0 Å². The van der Waals surface area contributed by atoms with Gasteiger partial charge in [-0.2, -0.15) is 13.7 Å². The monoisotopic (exact) mass is 2110 g/mol. The summed E-state index contributed by atoms with van der Waals surface area (Å²) >= 11 is 17.2. The van der Waals surface area contributed by atoms with Crippen LogP contribution in [0.5, 0.6) is 0 Å². The normalized spacial score (nSPS) is 13.6. The molecule has 36 heteroatoms. The molecular formula is C91H93BBr5ClN8NaO18S2-. The number of hydrogen-bond donors (Lipinski definition) is 9. The zero-order valence-corrected chi connectivity index (χ0v) is 81.3. The summed E-state index contributed by atoms with van der Waals surface area (Å²) in [6, 6.07) is 51.2. The van der Waals surface area contributed by atoms with Crippen LogP contribution in [0.2, 0.25) is 0 Å². The Morgan fingerprint density at radius 3 is 1.10 bits per heavy atom. The van der Waals surface area contributed by atoms with E-state index < -0.39 is 25.1 Å². The minimum Gasteiger partial charge on any atom is -0.870 e. The van der Waals surface area contributed by atoms with Crippen molar-refractivity contribution in [2.45, 2.75) is 57.9 Å². The fourth-order valence-corrected chi connectivity index (χ4v) is 16.6. The molecule has 0 saturated carbocycles. The average molecular weight is 2120 g/mol. The summed E-state index contributed by atoms with van der Waals surface area (Å²) < 4.78 is 66.1. The Labute approximate surface area is 800 Å². The van der Waals surface area contributed by atoms with E-state index in [1.807, 2.05) is 127 Å². The Bertz CT molecular complexity index is 7000. The number of pyridine rings is 5. The minimum atomic E-state index is -3.47. The van der Waals surface area contributed by atoms with Crippen LogP contribution >= 0.6 is 90.3 Å². The molecule has 15 aromatic rings. The van der Waals surface area contributed by atoms with Gasteiger partial charge in [-0.3, -0.25) is 37.9 Å². The Balaban J connectivity index is 0.000000185. The number of aromatic amines is 5. The average Bonchev–Trinajstić information content (AvgIpc) is 0.975. The van der Waals surface area contributed by atoms with Gasteiger partial charge in [-0.05, 0) is 252 Å². The van der Waals surface area contributed by atoms with Crippen LogP contribution in [0.25, 0.3) is 108 Å².